The summed E-state index contributed by atoms with van der Waals surface area (Å²) in [7, 11) is 1.86. The number of rotatable bonds is 4. The van der Waals surface area contributed by atoms with Crippen molar-refractivity contribution >= 4 is 0 Å². The van der Waals surface area contributed by atoms with Crippen molar-refractivity contribution in [3.05, 3.63) is 12.2 Å². The van der Waals surface area contributed by atoms with Crippen LogP contribution in [0.4, 0.5) is 0 Å². The van der Waals surface area contributed by atoms with Gasteiger partial charge in [0.05, 0.1) is 12.2 Å². The van der Waals surface area contributed by atoms with E-state index in [1.807, 2.05) is 27.8 Å². The summed E-state index contributed by atoms with van der Waals surface area (Å²) in [5.74, 6) is 0.889. The number of hydrogen-bond acceptors (Lipinski definition) is 4. The molecule has 1 rings (SSSR count). The zero-order valence-corrected chi connectivity index (χ0v) is 9.90. The van der Waals surface area contributed by atoms with Crippen molar-refractivity contribution in [2.75, 3.05) is 6.61 Å². The van der Waals surface area contributed by atoms with Gasteiger partial charge in [-0.05, 0) is 20.8 Å². The Bertz CT molecular complexity index is 303. The summed E-state index contributed by atoms with van der Waals surface area (Å²) in [5.41, 5.74) is 5.79. The monoisotopic (exact) mass is 212 g/mol. The summed E-state index contributed by atoms with van der Waals surface area (Å²) < 4.78 is 7.33. The Morgan fingerprint density at radius 3 is 2.67 bits per heavy atom. The lowest BCUT2D eigenvalue weighted by Gasteiger charge is -2.22. The minimum absolute atomic E-state index is 0.0351. The van der Waals surface area contributed by atoms with Crippen LogP contribution in [-0.4, -0.2) is 33.0 Å². The molecule has 1 atom stereocenters. The molecule has 5 nitrogen and oxygen atoms in total. The second kappa shape index (κ2) is 4.72. The van der Waals surface area contributed by atoms with E-state index in [1.165, 1.54) is 6.33 Å². The summed E-state index contributed by atoms with van der Waals surface area (Å²) in [5, 5.41) is 3.99. The fraction of sp³-hybridized carbons (Fsp3) is 0.800. The van der Waals surface area contributed by atoms with Crippen molar-refractivity contribution in [1.82, 2.24) is 14.8 Å². The maximum absolute atomic E-state index is 5.93. The highest BCUT2D eigenvalue weighted by Crippen LogP contribution is 2.07. The van der Waals surface area contributed by atoms with Gasteiger partial charge < -0.3 is 10.5 Å². The molecule has 0 aliphatic carbocycles. The van der Waals surface area contributed by atoms with Crippen molar-refractivity contribution in [3.8, 4) is 0 Å². The van der Waals surface area contributed by atoms with Gasteiger partial charge in [0.15, 0.2) is 0 Å². The summed E-state index contributed by atoms with van der Waals surface area (Å²) in [6.07, 6.45) is 2.22. The normalized spacial score (nSPS) is 14.2. The fourth-order valence-electron chi connectivity index (χ4n) is 1.16. The van der Waals surface area contributed by atoms with E-state index >= 15 is 0 Å². The number of ether oxygens (including phenoxy) is 1. The Balaban J connectivity index is 2.37. The predicted molar refractivity (Wildman–Crippen MR) is 58.4 cm³/mol. The SMILES string of the molecule is Cn1ncnc1CC(N)COC(C)(C)C. The van der Waals surface area contributed by atoms with Crippen LogP contribution in [0.1, 0.15) is 26.6 Å². The van der Waals surface area contributed by atoms with Gasteiger partial charge in [0, 0.05) is 19.5 Å². The van der Waals surface area contributed by atoms with Gasteiger partial charge in [-0.3, -0.25) is 4.68 Å². The Morgan fingerprint density at radius 1 is 1.53 bits per heavy atom. The van der Waals surface area contributed by atoms with Crippen LogP contribution in [0.25, 0.3) is 0 Å². The third-order valence-electron chi connectivity index (χ3n) is 1.98. The Hall–Kier alpha value is -0.940. The molecule has 0 fully saturated rings. The van der Waals surface area contributed by atoms with E-state index in [2.05, 4.69) is 10.1 Å². The Labute approximate surface area is 90.6 Å². The number of hydrogen-bond donors (Lipinski definition) is 1. The highest BCUT2D eigenvalue weighted by Gasteiger charge is 2.14. The molecule has 0 bridgehead atoms. The zero-order chi connectivity index (χ0) is 11.5. The van der Waals surface area contributed by atoms with Crippen LogP contribution in [-0.2, 0) is 18.2 Å². The lowest BCUT2D eigenvalue weighted by Crippen LogP contribution is -2.34. The van der Waals surface area contributed by atoms with Gasteiger partial charge in [0.1, 0.15) is 12.2 Å². The third kappa shape index (κ3) is 4.40. The third-order valence-corrected chi connectivity index (χ3v) is 1.98. The Morgan fingerprint density at radius 2 is 2.20 bits per heavy atom. The highest BCUT2D eigenvalue weighted by molar-refractivity contribution is 4.87. The zero-order valence-electron chi connectivity index (χ0n) is 9.90. The molecular weight excluding hydrogens is 192 g/mol. The molecule has 0 amide bonds. The van der Waals surface area contributed by atoms with Crippen LogP contribution in [0.5, 0.6) is 0 Å². The molecule has 0 aliphatic heterocycles. The van der Waals surface area contributed by atoms with Crippen LogP contribution in [0, 0.1) is 0 Å². The first-order valence-corrected chi connectivity index (χ1v) is 5.11. The van der Waals surface area contributed by atoms with E-state index in [0.29, 0.717) is 13.0 Å². The van der Waals surface area contributed by atoms with Crippen molar-refractivity contribution in [2.45, 2.75) is 38.8 Å². The first kappa shape index (κ1) is 12.1. The van der Waals surface area contributed by atoms with E-state index in [9.17, 15) is 0 Å². The fourth-order valence-corrected chi connectivity index (χ4v) is 1.16. The van der Waals surface area contributed by atoms with Crippen molar-refractivity contribution in [1.29, 1.82) is 0 Å². The average Bonchev–Trinajstić information content (AvgIpc) is 2.47. The van der Waals surface area contributed by atoms with Crippen LogP contribution >= 0.6 is 0 Å². The summed E-state index contributed by atoms with van der Waals surface area (Å²) in [6.45, 7) is 6.59. The number of nitrogens with zero attached hydrogens (tertiary/aromatic N) is 3. The molecular formula is C10H20N4O. The molecule has 0 saturated heterocycles. The van der Waals surface area contributed by atoms with E-state index in [-0.39, 0.29) is 11.6 Å². The van der Waals surface area contributed by atoms with Crippen molar-refractivity contribution in [2.24, 2.45) is 12.8 Å². The molecule has 1 unspecified atom stereocenters. The number of aryl methyl sites for hydroxylation is 1. The molecule has 0 radical (unpaired) electrons. The molecule has 86 valence electrons. The average molecular weight is 212 g/mol. The van der Waals surface area contributed by atoms with Crippen LogP contribution < -0.4 is 5.73 Å². The van der Waals surface area contributed by atoms with Crippen LogP contribution in [0.3, 0.4) is 0 Å². The summed E-state index contributed by atoms with van der Waals surface area (Å²) >= 11 is 0. The molecule has 1 heterocycles. The van der Waals surface area contributed by atoms with Crippen molar-refractivity contribution in [3.63, 3.8) is 0 Å². The van der Waals surface area contributed by atoms with Gasteiger partial charge >= 0.3 is 0 Å². The van der Waals surface area contributed by atoms with E-state index in [4.69, 9.17) is 10.5 Å². The van der Waals surface area contributed by atoms with Gasteiger partial charge in [-0.2, -0.15) is 5.10 Å². The molecule has 15 heavy (non-hydrogen) atoms. The van der Waals surface area contributed by atoms with Gasteiger partial charge in [-0.25, -0.2) is 4.98 Å². The quantitative estimate of drug-likeness (QED) is 0.789. The molecule has 2 N–H and O–H groups in total. The molecule has 1 aromatic rings. The first-order chi connectivity index (χ1) is 6.88. The van der Waals surface area contributed by atoms with Gasteiger partial charge in [0.25, 0.3) is 0 Å². The maximum Gasteiger partial charge on any atom is 0.138 e. The highest BCUT2D eigenvalue weighted by atomic mass is 16.5. The largest absolute Gasteiger partial charge is 0.374 e. The summed E-state index contributed by atoms with van der Waals surface area (Å²) in [6, 6.07) is -0.0351. The van der Waals surface area contributed by atoms with Gasteiger partial charge in [0.2, 0.25) is 0 Å². The lowest BCUT2D eigenvalue weighted by molar-refractivity contribution is -0.0101. The minimum Gasteiger partial charge on any atom is -0.374 e. The van der Waals surface area contributed by atoms with Gasteiger partial charge in [-0.1, -0.05) is 0 Å². The topological polar surface area (TPSA) is 66.0 Å². The maximum atomic E-state index is 5.93. The molecule has 0 aromatic carbocycles. The second-order valence-corrected chi connectivity index (χ2v) is 4.69. The number of nitrogens with two attached hydrogens (primary N) is 1. The Kier molecular flexibility index (Phi) is 3.82. The molecule has 0 spiro atoms. The first-order valence-electron chi connectivity index (χ1n) is 5.11. The van der Waals surface area contributed by atoms with Crippen molar-refractivity contribution < 1.29 is 4.74 Å². The van der Waals surface area contributed by atoms with Crippen LogP contribution in [0.15, 0.2) is 6.33 Å². The number of aromatic nitrogens is 3. The van der Waals surface area contributed by atoms with Gasteiger partial charge in [-0.15, -0.1) is 0 Å². The lowest BCUT2D eigenvalue weighted by atomic mass is 10.2. The summed E-state index contributed by atoms with van der Waals surface area (Å²) in [4.78, 5) is 4.12. The van der Waals surface area contributed by atoms with E-state index < -0.39 is 0 Å². The molecule has 5 heteroatoms. The van der Waals surface area contributed by atoms with Crippen LogP contribution in [0.2, 0.25) is 0 Å². The minimum atomic E-state index is -0.141. The molecule has 1 aromatic heterocycles. The van der Waals surface area contributed by atoms with E-state index in [0.717, 1.165) is 5.82 Å². The molecule has 0 aliphatic rings. The standard InChI is InChI=1S/C10H20N4O/c1-10(2,3)15-6-8(11)5-9-12-7-13-14(9)4/h7-8H,5-6,11H2,1-4H3. The van der Waals surface area contributed by atoms with E-state index in [1.54, 1.807) is 4.68 Å². The smallest absolute Gasteiger partial charge is 0.138 e. The predicted octanol–water partition coefficient (Wildman–Crippen LogP) is 0.500. The molecule has 0 saturated carbocycles. The second-order valence-electron chi connectivity index (χ2n) is 4.69.